The van der Waals surface area contributed by atoms with Crippen molar-refractivity contribution in [3.63, 3.8) is 0 Å². The Labute approximate surface area is 69.3 Å². The molecule has 0 fully saturated rings. The minimum atomic E-state index is -3.81. The molecule has 0 radical (unpaired) electrons. The smallest absolute Gasteiger partial charge is 0.319 e. The van der Waals surface area contributed by atoms with Gasteiger partial charge in [0.2, 0.25) is 0 Å². The Balaban J connectivity index is 0. The molecule has 51 valence electrons. The molecule has 0 aromatic heterocycles. The molecule has 0 aliphatic heterocycles. The van der Waals surface area contributed by atoms with Gasteiger partial charge in [-0.3, -0.25) is 0 Å². The molecule has 0 rings (SSSR count). The van der Waals surface area contributed by atoms with Gasteiger partial charge < -0.3 is 14.7 Å². The van der Waals surface area contributed by atoms with Crippen molar-refractivity contribution in [1.82, 2.24) is 0 Å². The van der Waals surface area contributed by atoms with E-state index in [-0.39, 0.29) is 0 Å². The minimum Gasteiger partial charge on any atom is -0.325 e. The number of hydrogen-bond donors (Lipinski definition) is 3. The number of rotatable bonds is 1. The molecule has 0 aromatic rings. The predicted molar refractivity (Wildman–Crippen MR) is 35.9 cm³/mol. The van der Waals surface area contributed by atoms with E-state index in [0.717, 1.165) is 0 Å². The van der Waals surface area contributed by atoms with E-state index in [1.807, 2.05) is 6.08 Å². The molecule has 0 spiro atoms. The normalized spacial score (nSPS) is 9.44. The summed E-state index contributed by atoms with van der Waals surface area (Å²) in [6.07, 6.45) is 1.93. The fourth-order valence-corrected chi connectivity index (χ4v) is 0. The molecule has 0 saturated carbocycles. The van der Waals surface area contributed by atoms with Gasteiger partial charge >= 0.3 is 42.7 Å². The zero-order valence-electron chi connectivity index (χ0n) is 4.90. The van der Waals surface area contributed by atoms with Crippen molar-refractivity contribution in [3.8, 4) is 0 Å². The standard InChI is InChI=1S/C3H5.H3O3PS.Zn/c1-3-2;1-4(2,3)5;/h3H,1-2H2;(H3,1,2,3,5);. The van der Waals surface area contributed by atoms with E-state index >= 15 is 0 Å². The molecule has 0 aliphatic carbocycles. The third kappa shape index (κ3) is 118. The van der Waals surface area contributed by atoms with Crippen LogP contribution in [-0.2, 0) is 30.1 Å². The maximum atomic E-state index is 7.56. The van der Waals surface area contributed by atoms with Crippen molar-refractivity contribution < 1.29 is 33.0 Å². The summed E-state index contributed by atoms with van der Waals surface area (Å²) in [5.74, 6) is 0. The van der Waals surface area contributed by atoms with E-state index in [4.69, 9.17) is 14.7 Å². The Bertz CT molecular complexity index is 103. The predicted octanol–water partition coefficient (Wildman–Crippen LogP) is 0.325. The van der Waals surface area contributed by atoms with Gasteiger partial charge in [-0.1, -0.05) is 0 Å². The summed E-state index contributed by atoms with van der Waals surface area (Å²) in [7, 11) is 0. The van der Waals surface area contributed by atoms with Crippen LogP contribution in [0.3, 0.4) is 0 Å². The van der Waals surface area contributed by atoms with Gasteiger partial charge in [0, 0.05) is 0 Å². The Morgan fingerprint density at radius 3 is 1.67 bits per heavy atom. The molecule has 6 heteroatoms. The average molecular weight is 221 g/mol. The van der Waals surface area contributed by atoms with Gasteiger partial charge in [-0.05, 0) is 11.8 Å². The van der Waals surface area contributed by atoms with E-state index in [2.05, 4.69) is 18.4 Å². The van der Waals surface area contributed by atoms with Gasteiger partial charge in [0.15, 0.2) is 0 Å². The van der Waals surface area contributed by atoms with Gasteiger partial charge in [0.05, 0.1) is 0 Å². The van der Waals surface area contributed by atoms with E-state index < -0.39 is 6.72 Å². The van der Waals surface area contributed by atoms with Crippen molar-refractivity contribution in [3.05, 3.63) is 12.7 Å². The van der Waals surface area contributed by atoms with Crippen LogP contribution in [0.1, 0.15) is 0 Å². The monoisotopic (exact) mass is 219 g/mol. The number of allylic oxidation sites excluding steroid dienone is 1. The molecule has 0 heterocycles. The van der Waals surface area contributed by atoms with Gasteiger partial charge in [0.25, 0.3) is 0 Å². The molecule has 9 heavy (non-hydrogen) atoms. The second kappa shape index (κ2) is 7.01. The molecule has 0 saturated heterocycles. The van der Waals surface area contributed by atoms with Crippen LogP contribution in [0.2, 0.25) is 5.02 Å². The average Bonchev–Trinajstić information content (AvgIpc) is 1.61. The summed E-state index contributed by atoms with van der Waals surface area (Å²) in [6, 6.07) is 0. The van der Waals surface area contributed by atoms with Gasteiger partial charge in [-0.2, -0.15) is 0 Å². The van der Waals surface area contributed by atoms with Gasteiger partial charge in [0.1, 0.15) is 0 Å². The fourth-order valence-electron chi connectivity index (χ4n) is 0. The van der Waals surface area contributed by atoms with Crippen LogP contribution >= 0.6 is 6.72 Å². The molecule has 3 N–H and O–H groups in total. The van der Waals surface area contributed by atoms with Crippen LogP contribution < -0.4 is 0 Å². The van der Waals surface area contributed by atoms with Crippen molar-refractivity contribution in [1.29, 1.82) is 0 Å². The first-order valence-corrected chi connectivity index (χ1v) is 6.86. The first-order valence-electron chi connectivity index (χ1n) is 2.10. The van der Waals surface area contributed by atoms with Crippen LogP contribution in [0.5, 0.6) is 0 Å². The maximum absolute atomic E-state index is 7.56. The van der Waals surface area contributed by atoms with Gasteiger partial charge in [-0.25, -0.2) is 0 Å². The molecule has 0 atom stereocenters. The summed E-state index contributed by atoms with van der Waals surface area (Å²) in [5.41, 5.74) is 0. The summed E-state index contributed by atoms with van der Waals surface area (Å²) >= 11 is 4.95. The molecule has 0 aliphatic rings. The van der Waals surface area contributed by atoms with Crippen molar-refractivity contribution in [2.24, 2.45) is 0 Å². The fraction of sp³-hybridized carbons (Fsp3) is 0.333. The molecule has 0 amide bonds. The first kappa shape index (κ1) is 12.6. The minimum absolute atomic E-state index is 1.21. The van der Waals surface area contributed by atoms with E-state index in [1.165, 1.54) is 23.3 Å². The zero-order chi connectivity index (χ0) is 7.91. The van der Waals surface area contributed by atoms with E-state index in [0.29, 0.717) is 0 Å². The Morgan fingerprint density at radius 2 is 1.67 bits per heavy atom. The van der Waals surface area contributed by atoms with Crippen molar-refractivity contribution in [2.75, 3.05) is 0 Å². The molecule has 0 bridgehead atoms. The van der Waals surface area contributed by atoms with Crippen molar-refractivity contribution in [2.45, 2.75) is 5.02 Å². The van der Waals surface area contributed by atoms with Crippen LogP contribution in [0.15, 0.2) is 12.7 Å². The Hall–Kier alpha value is 0.893. The van der Waals surface area contributed by atoms with Crippen LogP contribution in [-0.4, -0.2) is 14.7 Å². The molecule has 0 aromatic carbocycles. The first-order chi connectivity index (χ1) is 3.91. The molecular weight excluding hydrogens is 212 g/mol. The third-order valence-electron chi connectivity index (χ3n) is 0.204. The second-order valence-electron chi connectivity index (χ2n) is 1.09. The quantitative estimate of drug-likeness (QED) is 0.339. The summed E-state index contributed by atoms with van der Waals surface area (Å²) in [5, 5.41) is 1.21. The Morgan fingerprint density at radius 1 is 1.56 bits per heavy atom. The zero-order valence-corrected chi connectivity index (χ0v) is 9.57. The van der Waals surface area contributed by atoms with Crippen LogP contribution in [0.25, 0.3) is 0 Å². The van der Waals surface area contributed by atoms with Crippen molar-refractivity contribution >= 4 is 18.5 Å². The van der Waals surface area contributed by atoms with Crippen LogP contribution in [0, 0.1) is 0 Å². The third-order valence-corrected chi connectivity index (χ3v) is 1.06. The molecular formula is C3H8O3PSZn. The maximum Gasteiger partial charge on any atom is 0.319 e. The summed E-state index contributed by atoms with van der Waals surface area (Å²) < 4.78 is 0. The van der Waals surface area contributed by atoms with E-state index in [1.54, 1.807) is 0 Å². The van der Waals surface area contributed by atoms with Crippen LogP contribution in [0.4, 0.5) is 0 Å². The molecule has 3 nitrogen and oxygen atoms in total. The number of hydrogen-bond acceptors (Lipinski definition) is 1. The van der Waals surface area contributed by atoms with E-state index in [9.17, 15) is 0 Å². The topological polar surface area (TPSA) is 60.7 Å². The van der Waals surface area contributed by atoms with Gasteiger partial charge in [-0.15, -0.1) is 0 Å². The second-order valence-corrected chi connectivity index (χ2v) is 4.80. The summed E-state index contributed by atoms with van der Waals surface area (Å²) in [6.45, 7) is -0.295. The SMILES string of the molecule is C=C[CH2][Zn].OP(O)(O)=S. The summed E-state index contributed by atoms with van der Waals surface area (Å²) in [4.78, 5) is 22.7. The molecule has 0 unspecified atom stereocenters. The largest absolute Gasteiger partial charge is 0.325 e. The Kier molecular flexibility index (Phi) is 9.78.